The summed E-state index contributed by atoms with van der Waals surface area (Å²) in [7, 11) is 0. The van der Waals surface area contributed by atoms with Gasteiger partial charge in [0.05, 0.1) is 4.88 Å². The van der Waals surface area contributed by atoms with Gasteiger partial charge in [-0.3, -0.25) is 9.59 Å². The zero-order valence-corrected chi connectivity index (χ0v) is 19.0. The Hall–Kier alpha value is -3.32. The molecule has 6 nitrogen and oxygen atoms in total. The highest BCUT2D eigenvalue weighted by molar-refractivity contribution is 7.17. The quantitative estimate of drug-likeness (QED) is 0.613. The van der Waals surface area contributed by atoms with Gasteiger partial charge in [0, 0.05) is 35.6 Å². The molecule has 0 unspecified atom stereocenters. The van der Waals surface area contributed by atoms with Gasteiger partial charge in [-0.15, -0.1) is 11.3 Å². The molecule has 6 rings (SSSR count). The Morgan fingerprint density at radius 3 is 2.61 bits per heavy atom. The van der Waals surface area contributed by atoms with E-state index in [1.807, 2.05) is 11.0 Å². The maximum atomic E-state index is 13.2. The Morgan fingerprint density at radius 1 is 0.939 bits per heavy atom. The van der Waals surface area contributed by atoms with E-state index in [4.69, 9.17) is 9.47 Å². The molecule has 3 aliphatic rings. The van der Waals surface area contributed by atoms with Crippen molar-refractivity contribution in [3.63, 3.8) is 0 Å². The Kier molecular flexibility index (Phi) is 5.06. The molecule has 168 valence electrons. The van der Waals surface area contributed by atoms with Crippen LogP contribution in [-0.4, -0.2) is 36.6 Å². The molecule has 0 spiro atoms. The van der Waals surface area contributed by atoms with Crippen molar-refractivity contribution in [1.82, 2.24) is 4.90 Å². The number of benzene rings is 2. The van der Waals surface area contributed by atoms with E-state index >= 15 is 0 Å². The maximum Gasteiger partial charge on any atom is 0.263 e. The van der Waals surface area contributed by atoms with Crippen LogP contribution in [-0.2, 0) is 17.6 Å². The molecule has 0 atom stereocenters. The molecular formula is C26H24N2O4S. The number of carbonyl (C=O) groups excluding carboxylic acids is 2. The van der Waals surface area contributed by atoms with Crippen LogP contribution in [0.15, 0.2) is 48.5 Å². The molecule has 33 heavy (non-hydrogen) atoms. The number of carbonyl (C=O) groups is 2. The van der Waals surface area contributed by atoms with E-state index in [0.717, 1.165) is 17.7 Å². The van der Waals surface area contributed by atoms with Crippen LogP contribution in [0.25, 0.3) is 10.4 Å². The number of thiophene rings is 1. The zero-order chi connectivity index (χ0) is 22.4. The number of ether oxygens (including phenoxy) is 2. The standard InChI is InChI=1S/C26H24N2O4S/c29-25(27-19-7-8-21-22(14-19)32-15-31-21)17-9-11-28(12-10-17)26(30)23-13-18-6-5-16-3-1-2-4-20(16)24(18)33-23/h1-4,7-8,13-14,17H,5-6,9-12,15H2,(H,27,29). The van der Waals surface area contributed by atoms with Crippen LogP contribution < -0.4 is 14.8 Å². The van der Waals surface area contributed by atoms with E-state index in [-0.39, 0.29) is 24.5 Å². The normalized spacial score (nSPS) is 16.8. The van der Waals surface area contributed by atoms with Gasteiger partial charge in [-0.05, 0) is 60.6 Å². The number of anilines is 1. The summed E-state index contributed by atoms with van der Waals surface area (Å²) in [5.41, 5.74) is 4.61. The van der Waals surface area contributed by atoms with Crippen molar-refractivity contribution in [1.29, 1.82) is 0 Å². The summed E-state index contributed by atoms with van der Waals surface area (Å²) in [6, 6.07) is 16.0. The summed E-state index contributed by atoms with van der Waals surface area (Å²) in [4.78, 5) is 29.9. The zero-order valence-electron chi connectivity index (χ0n) is 18.1. The van der Waals surface area contributed by atoms with Crippen molar-refractivity contribution in [2.24, 2.45) is 5.92 Å². The highest BCUT2D eigenvalue weighted by Gasteiger charge is 2.30. The molecule has 1 fully saturated rings. The number of amides is 2. The van der Waals surface area contributed by atoms with Gasteiger partial charge in [-0.2, -0.15) is 0 Å². The second-order valence-electron chi connectivity index (χ2n) is 8.75. The van der Waals surface area contributed by atoms with Gasteiger partial charge in [0.1, 0.15) is 0 Å². The summed E-state index contributed by atoms with van der Waals surface area (Å²) in [6.45, 7) is 1.40. The highest BCUT2D eigenvalue weighted by Crippen LogP contribution is 2.40. The van der Waals surface area contributed by atoms with E-state index in [1.165, 1.54) is 21.6 Å². The van der Waals surface area contributed by atoms with Gasteiger partial charge in [-0.1, -0.05) is 24.3 Å². The van der Waals surface area contributed by atoms with Crippen molar-refractivity contribution < 1.29 is 19.1 Å². The van der Waals surface area contributed by atoms with E-state index in [0.29, 0.717) is 43.1 Å². The molecule has 1 saturated heterocycles. The predicted octanol–water partition coefficient (Wildman–Crippen LogP) is 4.73. The van der Waals surface area contributed by atoms with E-state index in [9.17, 15) is 9.59 Å². The molecule has 2 aromatic carbocycles. The molecule has 3 heterocycles. The number of piperidine rings is 1. The first-order valence-electron chi connectivity index (χ1n) is 11.4. The van der Waals surface area contributed by atoms with Gasteiger partial charge in [-0.25, -0.2) is 0 Å². The van der Waals surface area contributed by atoms with Crippen LogP contribution in [0.1, 0.15) is 33.6 Å². The SMILES string of the molecule is O=C(Nc1ccc2c(c1)OCO2)C1CCN(C(=O)c2cc3c(s2)-c2ccccc2CC3)CC1. The number of likely N-dealkylation sites (tertiary alicyclic amines) is 1. The molecule has 0 saturated carbocycles. The predicted molar refractivity (Wildman–Crippen MR) is 127 cm³/mol. The summed E-state index contributed by atoms with van der Waals surface area (Å²) in [5.74, 6) is 1.31. The van der Waals surface area contributed by atoms with Crippen molar-refractivity contribution in [2.45, 2.75) is 25.7 Å². The number of hydrogen-bond acceptors (Lipinski definition) is 5. The van der Waals surface area contributed by atoms with Crippen LogP contribution in [0.2, 0.25) is 0 Å². The molecule has 2 amide bonds. The molecule has 3 aromatic rings. The minimum atomic E-state index is -0.108. The fraction of sp³-hybridized carbons (Fsp3) is 0.308. The number of rotatable bonds is 3. The third-order valence-electron chi connectivity index (χ3n) is 6.74. The fourth-order valence-electron chi connectivity index (χ4n) is 4.90. The first-order valence-corrected chi connectivity index (χ1v) is 12.2. The Morgan fingerprint density at radius 2 is 1.73 bits per heavy atom. The van der Waals surface area contributed by atoms with Gasteiger partial charge >= 0.3 is 0 Å². The molecule has 0 bridgehead atoms. The van der Waals surface area contributed by atoms with Crippen LogP contribution in [0, 0.1) is 5.92 Å². The fourth-order valence-corrected chi connectivity index (χ4v) is 6.13. The second kappa shape index (κ2) is 8.23. The molecule has 0 radical (unpaired) electrons. The Bertz CT molecular complexity index is 1240. The van der Waals surface area contributed by atoms with Crippen LogP contribution in [0.5, 0.6) is 11.5 Å². The average molecular weight is 461 g/mol. The Labute approximate surface area is 196 Å². The van der Waals surface area contributed by atoms with E-state index in [1.54, 1.807) is 23.5 Å². The molecule has 1 aromatic heterocycles. The number of fused-ring (bicyclic) bond motifs is 4. The number of nitrogens with zero attached hydrogens (tertiary/aromatic N) is 1. The first-order chi connectivity index (χ1) is 16.2. The average Bonchev–Trinajstić information content (AvgIpc) is 3.50. The van der Waals surface area contributed by atoms with Gasteiger partial charge in [0.25, 0.3) is 5.91 Å². The van der Waals surface area contributed by atoms with Crippen molar-refractivity contribution in [3.05, 3.63) is 64.5 Å². The molecule has 2 aliphatic heterocycles. The van der Waals surface area contributed by atoms with Gasteiger partial charge < -0.3 is 19.7 Å². The lowest BCUT2D eigenvalue weighted by Gasteiger charge is -2.31. The minimum Gasteiger partial charge on any atom is -0.454 e. The third kappa shape index (κ3) is 3.76. The van der Waals surface area contributed by atoms with Crippen LogP contribution >= 0.6 is 11.3 Å². The summed E-state index contributed by atoms with van der Waals surface area (Å²) in [6.07, 6.45) is 3.34. The molecule has 1 N–H and O–H groups in total. The monoisotopic (exact) mass is 460 g/mol. The summed E-state index contributed by atoms with van der Waals surface area (Å²) >= 11 is 1.61. The third-order valence-corrected chi connectivity index (χ3v) is 7.94. The van der Waals surface area contributed by atoms with Crippen molar-refractivity contribution in [2.75, 3.05) is 25.2 Å². The Balaban J connectivity index is 1.09. The van der Waals surface area contributed by atoms with E-state index < -0.39 is 0 Å². The van der Waals surface area contributed by atoms with E-state index in [2.05, 4.69) is 35.6 Å². The lowest BCUT2D eigenvalue weighted by Crippen LogP contribution is -2.41. The highest BCUT2D eigenvalue weighted by atomic mass is 32.1. The summed E-state index contributed by atoms with van der Waals surface area (Å²) < 4.78 is 10.7. The largest absolute Gasteiger partial charge is 0.454 e. The second-order valence-corrected chi connectivity index (χ2v) is 9.80. The lowest BCUT2D eigenvalue weighted by molar-refractivity contribution is -0.121. The van der Waals surface area contributed by atoms with Gasteiger partial charge in [0.15, 0.2) is 11.5 Å². The smallest absolute Gasteiger partial charge is 0.263 e. The number of aryl methyl sites for hydroxylation is 2. The molecular weight excluding hydrogens is 436 g/mol. The molecule has 1 aliphatic carbocycles. The summed E-state index contributed by atoms with van der Waals surface area (Å²) in [5, 5.41) is 2.98. The molecule has 7 heteroatoms. The van der Waals surface area contributed by atoms with Crippen LogP contribution in [0.4, 0.5) is 5.69 Å². The minimum absolute atomic E-state index is 0.0100. The van der Waals surface area contributed by atoms with Crippen molar-refractivity contribution >= 4 is 28.8 Å². The lowest BCUT2D eigenvalue weighted by atomic mass is 9.91. The number of nitrogens with one attached hydrogen (secondary N) is 1. The van der Waals surface area contributed by atoms with Gasteiger partial charge in [0.2, 0.25) is 12.7 Å². The van der Waals surface area contributed by atoms with Crippen LogP contribution in [0.3, 0.4) is 0 Å². The maximum absolute atomic E-state index is 13.2. The van der Waals surface area contributed by atoms with Crippen molar-refractivity contribution in [3.8, 4) is 21.9 Å². The first kappa shape index (κ1) is 20.3. The topological polar surface area (TPSA) is 67.9 Å². The number of hydrogen-bond donors (Lipinski definition) is 1.